The second-order valence-corrected chi connectivity index (χ2v) is 12.7. The van der Waals surface area contributed by atoms with Crippen molar-refractivity contribution < 1.29 is 11.6 Å². The number of hydrogen-bond donors (Lipinski definition) is 5. The summed E-state index contributed by atoms with van der Waals surface area (Å²) in [4.78, 5) is 2.36. The molecule has 0 aromatic heterocycles. The molecule has 46 heavy (non-hydrogen) atoms. The van der Waals surface area contributed by atoms with Crippen LogP contribution in [0.1, 0.15) is 104 Å². The molecule has 7 aliphatic heterocycles. The Balaban J connectivity index is 0. The Morgan fingerprint density at radius 1 is 0.522 bits per heavy atom. The first-order valence-electron chi connectivity index (χ1n) is 18.3. The molecular weight excluding hydrogens is 625 g/mol. The van der Waals surface area contributed by atoms with Crippen LogP contribution in [0.25, 0.3) is 0 Å². The Hall–Kier alpha value is -0.310. The number of unbranched alkanes of at least 4 members (excludes halogenated alkanes) is 1. The fraction of sp³-hybridized carbons (Fsp3) is 0.970. The zero-order chi connectivity index (χ0) is 31.3. The third-order valence-corrected chi connectivity index (χ3v) is 8.81. The summed E-state index contributed by atoms with van der Waals surface area (Å²) in [6.45, 7) is 16.9. The normalized spacial score (nSPS) is 23.3. The lowest BCUT2D eigenvalue weighted by molar-refractivity contribution is -0.0722. The zero-order valence-electron chi connectivity index (χ0n) is 29.4. The Labute approximate surface area is 296 Å². The van der Waals surface area contributed by atoms with Gasteiger partial charge in [-0.15, -0.1) is 24.8 Å². The molecule has 0 unspecified atom stereocenters. The minimum absolute atomic E-state index is 0. The number of nitrogens with zero attached hydrogens (tertiary/aromatic N) is 6. The second kappa shape index (κ2) is 33.2. The summed E-state index contributed by atoms with van der Waals surface area (Å²) in [5, 5.41) is 30.1. The first kappa shape index (κ1) is 45.7. The summed E-state index contributed by atoms with van der Waals surface area (Å²) in [5.74, 6) is 0. The molecule has 5 N–H and O–H groups in total. The van der Waals surface area contributed by atoms with Gasteiger partial charge in [0.2, 0.25) is 0 Å². The molecule has 278 valence electrons. The van der Waals surface area contributed by atoms with Crippen LogP contribution in [0.3, 0.4) is 0 Å². The lowest BCUT2D eigenvalue weighted by Gasteiger charge is -2.41. The molecule has 0 aliphatic carbocycles. The minimum Gasteiger partial charge on any atom is -0.396 e. The molecule has 0 radical (unpaired) electrons. The van der Waals surface area contributed by atoms with Crippen molar-refractivity contribution in [3.63, 3.8) is 0 Å². The number of rotatable bonds is 4. The van der Waals surface area contributed by atoms with E-state index in [1.807, 2.05) is 6.21 Å². The van der Waals surface area contributed by atoms with E-state index in [2.05, 4.69) is 53.4 Å². The number of aliphatic hydroxyl groups excluding tert-OH is 2. The first-order valence-corrected chi connectivity index (χ1v) is 18.3. The van der Waals surface area contributed by atoms with Gasteiger partial charge in [-0.05, 0) is 123 Å². The highest BCUT2D eigenvalue weighted by molar-refractivity contribution is 5.85. The van der Waals surface area contributed by atoms with Gasteiger partial charge in [-0.2, -0.15) is 5.10 Å². The van der Waals surface area contributed by atoms with Crippen molar-refractivity contribution in [2.45, 2.75) is 103 Å². The molecule has 0 aromatic rings. The molecule has 0 saturated carbocycles. The standard InChI is InChI=1S/2C8H16N2.C5H11N.C4H10N2.C4H8N2.C4H10O2.2ClH.H2/c1-2-6-10-8-4-3-7-9(10)5-1;1-2-6-9(5-1)10-7-3-4-8-10;1-6-4-2-3-5-6;2*1-2-4-6-5-3-1;5-3-1-2-4-6;;;/h2*1-8H2;2-5H2,1H3;5-6H,1-4H2;3,6H,1-2,4H2;5-6H,1-4H2;3*1H. The van der Waals surface area contributed by atoms with Gasteiger partial charge in [-0.3, -0.25) is 10.9 Å². The molecule has 13 heteroatoms. The smallest absolute Gasteiger partial charge is 0.0431 e. The van der Waals surface area contributed by atoms with Gasteiger partial charge < -0.3 is 20.5 Å². The fourth-order valence-electron chi connectivity index (χ4n) is 6.10. The molecule has 0 bridgehead atoms. The molecule has 0 spiro atoms. The molecule has 0 amide bonds. The molecule has 7 aliphatic rings. The van der Waals surface area contributed by atoms with E-state index in [4.69, 9.17) is 10.2 Å². The summed E-state index contributed by atoms with van der Waals surface area (Å²) in [6, 6.07) is 0. The topological polar surface area (TPSA) is 105 Å². The Morgan fingerprint density at radius 3 is 1.02 bits per heavy atom. The number of likely N-dealkylation sites (tertiary alicyclic amines) is 1. The molecule has 0 aromatic carbocycles. The van der Waals surface area contributed by atoms with Crippen LogP contribution in [-0.2, 0) is 0 Å². The van der Waals surface area contributed by atoms with Gasteiger partial charge in [0, 0.05) is 92.8 Å². The Bertz CT molecular complexity index is 594. The third-order valence-electron chi connectivity index (χ3n) is 8.81. The van der Waals surface area contributed by atoms with E-state index in [0.29, 0.717) is 0 Å². The van der Waals surface area contributed by atoms with Crippen LogP contribution in [-0.4, -0.2) is 147 Å². The number of hydrogen-bond acceptors (Lipinski definition) is 11. The van der Waals surface area contributed by atoms with E-state index in [1.54, 1.807) is 0 Å². The van der Waals surface area contributed by atoms with Crippen molar-refractivity contribution >= 4 is 31.0 Å². The summed E-state index contributed by atoms with van der Waals surface area (Å²) < 4.78 is 0. The van der Waals surface area contributed by atoms with Crippen LogP contribution in [0, 0.1) is 0 Å². The Kier molecular flexibility index (Phi) is 33.0. The fourth-order valence-corrected chi connectivity index (χ4v) is 6.10. The van der Waals surface area contributed by atoms with E-state index in [1.165, 1.54) is 149 Å². The van der Waals surface area contributed by atoms with Crippen LogP contribution >= 0.6 is 24.8 Å². The highest BCUT2D eigenvalue weighted by Crippen LogP contribution is 2.17. The molecule has 6 saturated heterocycles. The van der Waals surface area contributed by atoms with Crippen LogP contribution in [0.5, 0.6) is 0 Å². The van der Waals surface area contributed by atoms with Gasteiger partial charge in [0.05, 0.1) is 0 Å². The maximum atomic E-state index is 8.09. The number of aliphatic hydroxyl groups is 2. The van der Waals surface area contributed by atoms with Gasteiger partial charge in [0.15, 0.2) is 0 Å². The summed E-state index contributed by atoms with van der Waals surface area (Å²) in [5.41, 5.74) is 8.92. The highest BCUT2D eigenvalue weighted by atomic mass is 35.5. The number of fused-ring (bicyclic) bond motifs is 1. The largest absolute Gasteiger partial charge is 0.396 e. The van der Waals surface area contributed by atoms with Crippen LogP contribution in [0.4, 0.5) is 0 Å². The zero-order valence-corrected chi connectivity index (χ0v) is 31.0. The van der Waals surface area contributed by atoms with E-state index in [0.717, 1.165) is 38.9 Å². The average Bonchev–Trinajstić information content (AvgIpc) is 3.92. The molecule has 0 atom stereocenters. The second-order valence-electron chi connectivity index (χ2n) is 12.7. The van der Waals surface area contributed by atoms with Crippen molar-refractivity contribution in [2.24, 2.45) is 5.10 Å². The lowest BCUT2D eigenvalue weighted by Crippen LogP contribution is -2.50. The molecular formula is C33H75Cl2N9O2. The SMILES string of the molecule is C1=NNCCC1.C1CCN(N2CCCC2)C1.C1CCN2CCCCN2C1.C1CCNNC1.CN1CCCC1.Cl.Cl.OCCCCO.[HH]. The lowest BCUT2D eigenvalue weighted by atomic mass is 10.2. The average molecular weight is 701 g/mol. The Morgan fingerprint density at radius 2 is 0.870 bits per heavy atom. The predicted molar refractivity (Wildman–Crippen MR) is 201 cm³/mol. The van der Waals surface area contributed by atoms with Crippen molar-refractivity contribution in [1.29, 1.82) is 0 Å². The number of hydrazone groups is 1. The van der Waals surface area contributed by atoms with E-state index in [-0.39, 0.29) is 39.5 Å². The van der Waals surface area contributed by atoms with Crippen molar-refractivity contribution in [1.82, 2.24) is 41.2 Å². The molecule has 11 nitrogen and oxygen atoms in total. The quantitative estimate of drug-likeness (QED) is 0.277. The van der Waals surface area contributed by atoms with Crippen LogP contribution in [0.2, 0.25) is 0 Å². The summed E-state index contributed by atoms with van der Waals surface area (Å²) >= 11 is 0. The predicted octanol–water partition coefficient (Wildman–Crippen LogP) is 3.97. The maximum Gasteiger partial charge on any atom is 0.0431 e. The van der Waals surface area contributed by atoms with Crippen LogP contribution < -0.4 is 16.3 Å². The first-order chi connectivity index (χ1) is 21.7. The van der Waals surface area contributed by atoms with Crippen molar-refractivity contribution in [3.05, 3.63) is 0 Å². The van der Waals surface area contributed by atoms with E-state index in [9.17, 15) is 0 Å². The van der Waals surface area contributed by atoms with Crippen molar-refractivity contribution in [3.8, 4) is 0 Å². The number of nitrogens with one attached hydrogen (secondary N) is 3. The monoisotopic (exact) mass is 700 g/mol. The maximum absolute atomic E-state index is 8.09. The minimum atomic E-state index is 0. The number of halogens is 2. The van der Waals surface area contributed by atoms with Gasteiger partial charge in [-0.25, -0.2) is 20.0 Å². The molecule has 7 heterocycles. The van der Waals surface area contributed by atoms with Gasteiger partial charge >= 0.3 is 0 Å². The summed E-state index contributed by atoms with van der Waals surface area (Å²) in [6.07, 6.45) is 22.5. The van der Waals surface area contributed by atoms with E-state index >= 15 is 0 Å². The molecule has 7 rings (SSSR count). The summed E-state index contributed by atoms with van der Waals surface area (Å²) in [7, 11) is 2.17. The van der Waals surface area contributed by atoms with Crippen LogP contribution in [0.15, 0.2) is 5.10 Å². The van der Waals surface area contributed by atoms with Gasteiger partial charge in [0.1, 0.15) is 0 Å². The van der Waals surface area contributed by atoms with Gasteiger partial charge in [-0.1, -0.05) is 0 Å². The third kappa shape index (κ3) is 23.9. The number of hydrazine groups is 3. The van der Waals surface area contributed by atoms with E-state index < -0.39 is 0 Å². The van der Waals surface area contributed by atoms with Crippen molar-refractivity contribution in [2.75, 3.05) is 105 Å². The van der Waals surface area contributed by atoms with Gasteiger partial charge in [0.25, 0.3) is 0 Å². The molecule has 6 fully saturated rings. The highest BCUT2D eigenvalue weighted by Gasteiger charge is 2.22.